The number of hydrogen-bond acceptors (Lipinski definition) is 3. The standard InChI is InChI=1S/C36H44FNO2/c1-4-24(2)18-25-22-36(23-25)14-16-38(17-15-36)33-21-34(40-3)31(20-32(33)37)35-29(26-8-6-5-7-9-26)12-10-27-19-28(39)11-13-30(27)35/h5-9,11,13,19-21,24-25,29,35,39H,4,10,12,14-18,22-23H2,1-3H3. The van der Waals surface area contributed by atoms with E-state index in [1.807, 2.05) is 24.3 Å². The maximum absolute atomic E-state index is 16.1. The lowest BCUT2D eigenvalue weighted by molar-refractivity contribution is 0.0157. The summed E-state index contributed by atoms with van der Waals surface area (Å²) in [5, 5.41) is 10.2. The van der Waals surface area contributed by atoms with Gasteiger partial charge in [0, 0.05) is 30.6 Å². The molecule has 1 heterocycles. The van der Waals surface area contributed by atoms with Crippen molar-refractivity contribution in [3.63, 3.8) is 0 Å². The molecule has 0 aromatic heterocycles. The highest BCUT2D eigenvalue weighted by molar-refractivity contribution is 5.59. The molecular formula is C36H44FNO2. The third-order valence-electron chi connectivity index (χ3n) is 10.5. The second-order valence-corrected chi connectivity index (χ2v) is 13.0. The van der Waals surface area contributed by atoms with E-state index < -0.39 is 0 Å². The zero-order valence-corrected chi connectivity index (χ0v) is 24.3. The van der Waals surface area contributed by atoms with E-state index in [1.165, 1.54) is 31.2 Å². The number of piperidine rings is 1. The van der Waals surface area contributed by atoms with Crippen LogP contribution in [0.25, 0.3) is 0 Å². The van der Waals surface area contributed by atoms with Crippen LogP contribution in [0.4, 0.5) is 10.1 Å². The first-order chi connectivity index (χ1) is 19.4. The molecule has 1 N–H and O–H groups in total. The van der Waals surface area contributed by atoms with Gasteiger partial charge in [-0.2, -0.15) is 0 Å². The highest BCUT2D eigenvalue weighted by atomic mass is 19.1. The van der Waals surface area contributed by atoms with E-state index >= 15 is 4.39 Å². The van der Waals surface area contributed by atoms with Crippen LogP contribution >= 0.6 is 0 Å². The smallest absolute Gasteiger partial charge is 0.147 e. The zero-order chi connectivity index (χ0) is 27.9. The van der Waals surface area contributed by atoms with Gasteiger partial charge in [0.2, 0.25) is 0 Å². The molecule has 2 aliphatic carbocycles. The largest absolute Gasteiger partial charge is 0.508 e. The number of phenols is 1. The molecule has 1 aliphatic heterocycles. The van der Waals surface area contributed by atoms with Crippen LogP contribution < -0.4 is 9.64 Å². The van der Waals surface area contributed by atoms with Crippen LogP contribution in [-0.4, -0.2) is 25.3 Å². The first-order valence-corrected chi connectivity index (χ1v) is 15.4. The van der Waals surface area contributed by atoms with E-state index in [2.05, 4.69) is 43.0 Å². The maximum Gasteiger partial charge on any atom is 0.147 e. The first kappa shape index (κ1) is 27.2. The van der Waals surface area contributed by atoms with Gasteiger partial charge in [-0.25, -0.2) is 4.39 Å². The van der Waals surface area contributed by atoms with E-state index in [-0.39, 0.29) is 23.4 Å². The number of aryl methyl sites for hydroxylation is 1. The van der Waals surface area contributed by atoms with Gasteiger partial charge in [-0.1, -0.05) is 56.7 Å². The summed E-state index contributed by atoms with van der Waals surface area (Å²) in [7, 11) is 1.70. The Bertz CT molecular complexity index is 1320. The molecule has 1 saturated heterocycles. The Kier molecular flexibility index (Phi) is 7.54. The number of hydrogen-bond donors (Lipinski definition) is 1. The molecule has 0 bridgehead atoms. The molecule has 0 radical (unpaired) electrons. The van der Waals surface area contributed by atoms with E-state index in [1.54, 1.807) is 19.2 Å². The SMILES string of the molecule is CCC(C)CC1CC2(CCN(c3cc(OC)c(C4c5ccc(O)cc5CCC4c4ccccc4)cc3F)CC2)C1. The van der Waals surface area contributed by atoms with Crippen LogP contribution in [-0.2, 0) is 6.42 Å². The molecule has 40 heavy (non-hydrogen) atoms. The molecule has 1 spiro atoms. The van der Waals surface area contributed by atoms with Crippen molar-refractivity contribution in [1.82, 2.24) is 0 Å². The molecule has 0 amide bonds. The van der Waals surface area contributed by atoms with E-state index in [0.29, 0.717) is 11.1 Å². The summed E-state index contributed by atoms with van der Waals surface area (Å²) in [6.07, 6.45) is 9.48. The average Bonchev–Trinajstić information content (AvgIpc) is 2.96. The van der Waals surface area contributed by atoms with Gasteiger partial charge in [0.1, 0.15) is 17.3 Å². The Hall–Kier alpha value is -3.01. The maximum atomic E-state index is 16.1. The molecule has 3 unspecified atom stereocenters. The summed E-state index contributed by atoms with van der Waals surface area (Å²) in [5.41, 5.74) is 5.59. The Labute approximate surface area is 239 Å². The summed E-state index contributed by atoms with van der Waals surface area (Å²) in [5.74, 6) is 2.74. The Morgan fingerprint density at radius 1 is 1.02 bits per heavy atom. The molecule has 6 rings (SSSR count). The van der Waals surface area contributed by atoms with Gasteiger partial charge in [0.05, 0.1) is 12.8 Å². The van der Waals surface area contributed by atoms with Crippen LogP contribution in [0, 0.1) is 23.1 Å². The summed E-state index contributed by atoms with van der Waals surface area (Å²) in [4.78, 5) is 2.25. The third kappa shape index (κ3) is 5.10. The van der Waals surface area contributed by atoms with Crippen molar-refractivity contribution < 1.29 is 14.2 Å². The predicted octanol–water partition coefficient (Wildman–Crippen LogP) is 8.83. The minimum absolute atomic E-state index is 0.0488. The molecule has 3 nitrogen and oxygen atoms in total. The molecule has 4 heteroatoms. The van der Waals surface area contributed by atoms with Gasteiger partial charge < -0.3 is 14.7 Å². The Balaban J connectivity index is 1.27. The minimum Gasteiger partial charge on any atom is -0.508 e. The Morgan fingerprint density at radius 2 is 1.77 bits per heavy atom. The molecule has 3 atom stereocenters. The number of aromatic hydroxyl groups is 1. The summed E-state index contributed by atoms with van der Waals surface area (Å²) < 4.78 is 22.1. The molecule has 1 saturated carbocycles. The minimum atomic E-state index is -0.160. The van der Waals surface area contributed by atoms with Gasteiger partial charge >= 0.3 is 0 Å². The number of halogens is 1. The lowest BCUT2D eigenvalue weighted by Crippen LogP contribution is -2.47. The number of rotatable bonds is 7. The van der Waals surface area contributed by atoms with Crippen molar-refractivity contribution in [3.8, 4) is 11.5 Å². The normalized spacial score (nSPS) is 22.9. The first-order valence-electron chi connectivity index (χ1n) is 15.4. The van der Waals surface area contributed by atoms with Crippen molar-refractivity contribution >= 4 is 5.69 Å². The fourth-order valence-electron chi connectivity index (χ4n) is 8.17. The monoisotopic (exact) mass is 541 g/mol. The Morgan fingerprint density at radius 3 is 2.48 bits per heavy atom. The molecule has 3 aliphatic rings. The van der Waals surface area contributed by atoms with Gasteiger partial charge in [-0.15, -0.1) is 0 Å². The van der Waals surface area contributed by atoms with Crippen molar-refractivity contribution in [2.45, 2.75) is 77.0 Å². The number of nitrogens with zero attached hydrogens (tertiary/aromatic N) is 1. The van der Waals surface area contributed by atoms with Crippen molar-refractivity contribution in [1.29, 1.82) is 0 Å². The van der Waals surface area contributed by atoms with Gasteiger partial charge in [-0.05, 0) is 103 Å². The molecule has 212 valence electrons. The summed E-state index contributed by atoms with van der Waals surface area (Å²) >= 11 is 0. The van der Waals surface area contributed by atoms with Gasteiger partial charge in [-0.3, -0.25) is 0 Å². The van der Waals surface area contributed by atoms with E-state index in [0.717, 1.165) is 73.0 Å². The summed E-state index contributed by atoms with van der Waals surface area (Å²) in [6.45, 7) is 6.50. The van der Waals surface area contributed by atoms with Gasteiger partial charge in [0.25, 0.3) is 0 Å². The second kappa shape index (κ2) is 11.1. The predicted molar refractivity (Wildman–Crippen MR) is 161 cm³/mol. The van der Waals surface area contributed by atoms with Gasteiger partial charge in [0.15, 0.2) is 0 Å². The fourth-order valence-corrected chi connectivity index (χ4v) is 8.17. The highest BCUT2D eigenvalue weighted by Crippen LogP contribution is 2.55. The number of methoxy groups -OCH3 is 1. The molecule has 3 aromatic carbocycles. The molecular weight excluding hydrogens is 497 g/mol. The number of phenolic OH excluding ortho intramolecular Hbond substituents is 1. The van der Waals surface area contributed by atoms with Crippen molar-refractivity contribution in [3.05, 3.63) is 88.7 Å². The number of anilines is 1. The average molecular weight is 542 g/mol. The lowest BCUT2D eigenvalue weighted by Gasteiger charge is -2.53. The van der Waals surface area contributed by atoms with Crippen LogP contribution in [0.15, 0.2) is 60.7 Å². The number of fused-ring (bicyclic) bond motifs is 1. The topological polar surface area (TPSA) is 32.7 Å². The molecule has 2 fully saturated rings. The fraction of sp³-hybridized carbons (Fsp3) is 0.500. The van der Waals surface area contributed by atoms with Crippen molar-refractivity contribution in [2.24, 2.45) is 17.3 Å². The lowest BCUT2D eigenvalue weighted by atomic mass is 9.56. The van der Waals surface area contributed by atoms with E-state index in [4.69, 9.17) is 4.74 Å². The number of ether oxygens (including phenoxy) is 1. The quantitative estimate of drug-likeness (QED) is 0.324. The van der Waals surface area contributed by atoms with Crippen LogP contribution in [0.3, 0.4) is 0 Å². The van der Waals surface area contributed by atoms with Crippen LogP contribution in [0.5, 0.6) is 11.5 Å². The van der Waals surface area contributed by atoms with Crippen LogP contribution in [0.2, 0.25) is 0 Å². The highest BCUT2D eigenvalue weighted by Gasteiger charge is 2.46. The molecule has 3 aromatic rings. The van der Waals surface area contributed by atoms with E-state index in [9.17, 15) is 5.11 Å². The van der Waals surface area contributed by atoms with Crippen LogP contribution in [0.1, 0.15) is 92.9 Å². The third-order valence-corrected chi connectivity index (χ3v) is 10.5. The number of benzene rings is 3. The zero-order valence-electron chi connectivity index (χ0n) is 24.3. The second-order valence-electron chi connectivity index (χ2n) is 13.0. The summed E-state index contributed by atoms with van der Waals surface area (Å²) in [6, 6.07) is 19.9. The van der Waals surface area contributed by atoms with Crippen molar-refractivity contribution in [2.75, 3.05) is 25.1 Å².